The fraction of sp³-hybridized carbons (Fsp3) is 0.273. The van der Waals surface area contributed by atoms with Gasteiger partial charge >= 0.3 is 12.2 Å². The second-order valence-electron chi connectivity index (χ2n) is 3.93. The number of hydrazone groups is 1. The highest BCUT2D eigenvalue weighted by Gasteiger charge is 2.31. The number of halogens is 3. The number of hydrogen-bond acceptors (Lipinski definition) is 2. The van der Waals surface area contributed by atoms with Gasteiger partial charge in [-0.25, -0.2) is 14.8 Å². The number of amides is 2. The number of amidine groups is 1. The van der Waals surface area contributed by atoms with Crippen molar-refractivity contribution in [2.75, 3.05) is 14.1 Å². The van der Waals surface area contributed by atoms with Crippen molar-refractivity contribution in [2.45, 2.75) is 6.18 Å². The summed E-state index contributed by atoms with van der Waals surface area (Å²) in [6, 6.07) is 4.17. The third kappa shape index (κ3) is 2.61. The molecule has 0 aliphatic carbocycles. The molecule has 1 aromatic carbocycles. The van der Waals surface area contributed by atoms with E-state index in [-0.39, 0.29) is 11.4 Å². The van der Waals surface area contributed by atoms with Crippen LogP contribution in [0.5, 0.6) is 0 Å². The van der Waals surface area contributed by atoms with E-state index in [2.05, 4.69) is 10.5 Å². The highest BCUT2D eigenvalue weighted by atomic mass is 19.4. The summed E-state index contributed by atoms with van der Waals surface area (Å²) in [6.07, 6.45) is -4.43. The molecule has 2 amide bonds. The van der Waals surface area contributed by atoms with Gasteiger partial charge in [-0.05, 0) is 12.1 Å². The molecular weight excluding hydrogens is 261 g/mol. The molecule has 0 spiro atoms. The van der Waals surface area contributed by atoms with Crippen molar-refractivity contribution in [3.8, 4) is 0 Å². The Labute approximate surface area is 107 Å². The molecule has 8 heteroatoms. The molecule has 0 atom stereocenters. The first kappa shape index (κ1) is 13.2. The Morgan fingerprint density at radius 2 is 1.84 bits per heavy atom. The molecule has 0 aromatic heterocycles. The largest absolute Gasteiger partial charge is 0.416 e. The third-order valence-electron chi connectivity index (χ3n) is 2.49. The van der Waals surface area contributed by atoms with Crippen LogP contribution in [0.2, 0.25) is 0 Å². The number of hydrogen-bond donors (Lipinski definition) is 0. The zero-order valence-electron chi connectivity index (χ0n) is 10.1. The summed E-state index contributed by atoms with van der Waals surface area (Å²) in [5.41, 5.74) is 3.24. The minimum Gasteiger partial charge on any atom is -0.244 e. The molecule has 19 heavy (non-hydrogen) atoms. The molecular formula is C11H10F3N4O. The van der Waals surface area contributed by atoms with Crippen molar-refractivity contribution in [3.63, 3.8) is 0 Å². The maximum atomic E-state index is 12.6. The first-order valence-corrected chi connectivity index (χ1v) is 5.28. The van der Waals surface area contributed by atoms with Crippen LogP contribution in [0.15, 0.2) is 29.4 Å². The molecule has 0 unspecified atom stereocenters. The van der Waals surface area contributed by atoms with E-state index in [0.29, 0.717) is 0 Å². The van der Waals surface area contributed by atoms with Crippen LogP contribution in [-0.2, 0) is 6.18 Å². The van der Waals surface area contributed by atoms with Gasteiger partial charge in [0.05, 0.1) is 5.56 Å². The highest BCUT2D eigenvalue weighted by molar-refractivity contribution is 6.01. The van der Waals surface area contributed by atoms with Crippen LogP contribution in [0.25, 0.3) is 0 Å². The molecule has 0 bridgehead atoms. The molecule has 1 aliphatic heterocycles. The Hall–Kier alpha value is -2.25. The second kappa shape index (κ2) is 4.45. The van der Waals surface area contributed by atoms with Gasteiger partial charge in [-0.3, -0.25) is 0 Å². The Balaban J connectivity index is 2.38. The standard InChI is InChI=1S/C11H10F3N4O/c1-17-10(19)18(2)16-9(15-17)7-4-3-5-8(6-7)11(12,13)14/h3-6H,1-2H3. The van der Waals surface area contributed by atoms with Crippen molar-refractivity contribution in [3.05, 3.63) is 35.4 Å². The molecule has 0 N–H and O–H groups in total. The lowest BCUT2D eigenvalue weighted by atomic mass is 10.1. The van der Waals surface area contributed by atoms with Crippen LogP contribution in [0, 0.1) is 0 Å². The van der Waals surface area contributed by atoms with Crippen LogP contribution in [0.4, 0.5) is 18.0 Å². The van der Waals surface area contributed by atoms with Gasteiger partial charge in [0.1, 0.15) is 0 Å². The fourth-order valence-corrected chi connectivity index (χ4v) is 1.55. The minimum absolute atomic E-state index is 0.0516. The Morgan fingerprint density at radius 3 is 2.42 bits per heavy atom. The van der Waals surface area contributed by atoms with E-state index in [4.69, 9.17) is 0 Å². The van der Waals surface area contributed by atoms with Crippen molar-refractivity contribution < 1.29 is 18.0 Å². The molecule has 5 nitrogen and oxygen atoms in total. The predicted octanol–water partition coefficient (Wildman–Crippen LogP) is 1.88. The molecule has 1 aliphatic rings. The maximum Gasteiger partial charge on any atom is 0.416 e. The highest BCUT2D eigenvalue weighted by Crippen LogP contribution is 2.29. The van der Waals surface area contributed by atoms with Crippen LogP contribution >= 0.6 is 0 Å². The van der Waals surface area contributed by atoms with Crippen molar-refractivity contribution in [2.24, 2.45) is 5.10 Å². The molecule has 1 aromatic rings. The van der Waals surface area contributed by atoms with Gasteiger partial charge in [-0.15, -0.1) is 10.5 Å². The van der Waals surface area contributed by atoms with E-state index in [1.54, 1.807) is 0 Å². The zero-order valence-corrected chi connectivity index (χ0v) is 10.1. The number of carbonyl (C=O) groups excluding carboxylic acids is 1. The van der Waals surface area contributed by atoms with Gasteiger partial charge in [0, 0.05) is 19.7 Å². The van der Waals surface area contributed by atoms with Crippen molar-refractivity contribution in [1.29, 1.82) is 0 Å². The summed E-state index contributed by atoms with van der Waals surface area (Å²) in [4.78, 5) is 11.4. The average molecular weight is 271 g/mol. The topological polar surface area (TPSA) is 50.0 Å². The van der Waals surface area contributed by atoms with Crippen molar-refractivity contribution >= 4 is 11.9 Å². The predicted molar refractivity (Wildman–Crippen MR) is 61.0 cm³/mol. The Morgan fingerprint density at radius 1 is 1.16 bits per heavy atom. The van der Waals surface area contributed by atoms with E-state index in [1.807, 2.05) is 0 Å². The van der Waals surface area contributed by atoms with E-state index < -0.39 is 17.8 Å². The molecule has 0 saturated heterocycles. The first-order chi connectivity index (χ1) is 8.79. The monoisotopic (exact) mass is 271 g/mol. The SMILES string of the molecule is CN1[N]C(c2cccc(C(F)(F)F)c2)=NN(C)C1=O. The summed E-state index contributed by atoms with van der Waals surface area (Å²) >= 11 is 0. The van der Waals surface area contributed by atoms with Gasteiger partial charge in [-0.1, -0.05) is 12.1 Å². The van der Waals surface area contributed by atoms with Gasteiger partial charge in [0.25, 0.3) is 0 Å². The van der Waals surface area contributed by atoms with E-state index in [0.717, 1.165) is 22.2 Å². The normalized spacial score (nSPS) is 16.3. The van der Waals surface area contributed by atoms with Gasteiger partial charge in [0.2, 0.25) is 0 Å². The van der Waals surface area contributed by atoms with Crippen LogP contribution in [0.1, 0.15) is 11.1 Å². The van der Waals surface area contributed by atoms with Gasteiger partial charge < -0.3 is 0 Å². The van der Waals surface area contributed by atoms with Crippen molar-refractivity contribution in [1.82, 2.24) is 15.4 Å². The molecule has 0 fully saturated rings. The average Bonchev–Trinajstić information content (AvgIpc) is 2.34. The van der Waals surface area contributed by atoms with Crippen LogP contribution < -0.4 is 5.43 Å². The number of alkyl halides is 3. The first-order valence-electron chi connectivity index (χ1n) is 5.28. The summed E-state index contributed by atoms with van der Waals surface area (Å²) in [7, 11) is 2.81. The molecule has 2 rings (SSSR count). The van der Waals surface area contributed by atoms with Crippen LogP contribution in [0.3, 0.4) is 0 Å². The van der Waals surface area contributed by atoms with E-state index >= 15 is 0 Å². The van der Waals surface area contributed by atoms with Crippen LogP contribution in [-0.4, -0.2) is 36.0 Å². The lowest BCUT2D eigenvalue weighted by molar-refractivity contribution is -0.137. The summed E-state index contributed by atoms with van der Waals surface area (Å²) in [5, 5.41) is 5.86. The lowest BCUT2D eigenvalue weighted by Crippen LogP contribution is -2.48. The second-order valence-corrected chi connectivity index (χ2v) is 3.93. The number of nitrogens with zero attached hydrogens (tertiary/aromatic N) is 4. The fourth-order valence-electron chi connectivity index (χ4n) is 1.55. The van der Waals surface area contributed by atoms with E-state index in [1.165, 1.54) is 26.2 Å². The zero-order chi connectivity index (χ0) is 14.2. The number of carbonyl (C=O) groups is 1. The summed E-state index contributed by atoms with van der Waals surface area (Å²) in [5.74, 6) is 0.0516. The smallest absolute Gasteiger partial charge is 0.244 e. The quantitative estimate of drug-likeness (QED) is 0.769. The Kier molecular flexibility index (Phi) is 3.09. The van der Waals surface area contributed by atoms with E-state index in [9.17, 15) is 18.0 Å². The minimum atomic E-state index is -4.43. The number of benzene rings is 1. The molecule has 101 valence electrons. The number of urea groups is 1. The molecule has 1 radical (unpaired) electrons. The number of rotatable bonds is 1. The lowest BCUT2D eigenvalue weighted by Gasteiger charge is -2.26. The molecule has 1 heterocycles. The molecule has 0 saturated carbocycles. The third-order valence-corrected chi connectivity index (χ3v) is 2.49. The Bertz CT molecular complexity index is 541. The summed E-state index contributed by atoms with van der Waals surface area (Å²) in [6.45, 7) is 0. The summed E-state index contributed by atoms with van der Waals surface area (Å²) < 4.78 is 37.8. The van der Waals surface area contributed by atoms with Gasteiger partial charge in [-0.2, -0.15) is 13.2 Å². The maximum absolute atomic E-state index is 12.6. The van der Waals surface area contributed by atoms with Gasteiger partial charge in [0.15, 0.2) is 5.84 Å².